The van der Waals surface area contributed by atoms with Gasteiger partial charge in [-0.25, -0.2) is 0 Å². The summed E-state index contributed by atoms with van der Waals surface area (Å²) >= 11 is 3.36. The van der Waals surface area contributed by atoms with Crippen molar-refractivity contribution < 1.29 is 9.92 Å². The summed E-state index contributed by atoms with van der Waals surface area (Å²) in [5, 5.41) is 9.86. The third kappa shape index (κ3) is 4.06. The number of halogens is 1. The molecular formula is C14H12BrNO3. The molecule has 2 rings (SSSR count). The van der Waals surface area contributed by atoms with Crippen LogP contribution in [0.4, 0.5) is 0 Å². The molecule has 0 amide bonds. The van der Waals surface area contributed by atoms with Crippen molar-refractivity contribution in [2.75, 3.05) is 0 Å². The molecule has 4 nitrogen and oxygen atoms in total. The minimum atomic E-state index is -0.740. The fourth-order valence-electron chi connectivity index (χ4n) is 1.82. The third-order valence-corrected chi connectivity index (χ3v) is 3.25. The second kappa shape index (κ2) is 6.33. The van der Waals surface area contributed by atoms with Crippen molar-refractivity contribution in [3.05, 3.63) is 80.3 Å². The molecule has 0 aliphatic carbocycles. The predicted octanol–water partition coefficient (Wildman–Crippen LogP) is 3.94. The van der Waals surface area contributed by atoms with Gasteiger partial charge in [-0.05, 0) is 23.3 Å². The van der Waals surface area contributed by atoms with Crippen LogP contribution >= 0.6 is 15.9 Å². The molecule has 0 bridgehead atoms. The Bertz CT molecular complexity index is 542. The Balaban J connectivity index is 2.19. The number of nitrogens with zero attached hydrogens (tertiary/aromatic N) is 1. The standard InChI is InChI=1S/C14H12BrNO3/c15-13-8-6-11(7-9-13)10-14(19-16(17)18)12-4-2-1-3-5-12/h1-9,14H,10H2. The minimum absolute atomic E-state index is 0.457. The molecule has 0 heterocycles. The van der Waals surface area contributed by atoms with Crippen molar-refractivity contribution >= 4 is 15.9 Å². The first-order chi connectivity index (χ1) is 9.15. The summed E-state index contributed by atoms with van der Waals surface area (Å²) in [5.74, 6) is 0. The molecule has 0 saturated heterocycles. The third-order valence-electron chi connectivity index (χ3n) is 2.72. The first-order valence-electron chi connectivity index (χ1n) is 5.75. The van der Waals surface area contributed by atoms with Gasteiger partial charge in [0.25, 0.3) is 5.09 Å². The highest BCUT2D eigenvalue weighted by atomic mass is 79.9. The highest BCUT2D eigenvalue weighted by molar-refractivity contribution is 9.10. The Morgan fingerprint density at radius 3 is 2.32 bits per heavy atom. The summed E-state index contributed by atoms with van der Waals surface area (Å²) in [6, 6.07) is 16.9. The van der Waals surface area contributed by atoms with Gasteiger partial charge in [0.05, 0.1) is 0 Å². The van der Waals surface area contributed by atoms with E-state index in [-0.39, 0.29) is 0 Å². The zero-order chi connectivity index (χ0) is 13.7. The second-order valence-electron chi connectivity index (χ2n) is 4.06. The molecule has 0 aromatic heterocycles. The first kappa shape index (κ1) is 13.5. The monoisotopic (exact) mass is 321 g/mol. The van der Waals surface area contributed by atoms with Gasteiger partial charge in [0.1, 0.15) is 6.10 Å². The van der Waals surface area contributed by atoms with Crippen LogP contribution in [0.1, 0.15) is 17.2 Å². The van der Waals surface area contributed by atoms with E-state index in [9.17, 15) is 10.1 Å². The molecule has 98 valence electrons. The maximum Gasteiger partial charge on any atom is 0.295 e. The quantitative estimate of drug-likeness (QED) is 0.619. The average Bonchev–Trinajstić information content (AvgIpc) is 2.41. The van der Waals surface area contributed by atoms with Crippen LogP contribution in [-0.2, 0) is 11.3 Å². The normalized spacial score (nSPS) is 11.8. The van der Waals surface area contributed by atoms with Crippen LogP contribution in [0, 0.1) is 10.1 Å². The van der Waals surface area contributed by atoms with Crippen molar-refractivity contribution in [3.63, 3.8) is 0 Å². The molecule has 5 heteroatoms. The van der Waals surface area contributed by atoms with E-state index in [1.807, 2.05) is 54.6 Å². The van der Waals surface area contributed by atoms with Gasteiger partial charge in [-0.1, -0.05) is 58.4 Å². The highest BCUT2D eigenvalue weighted by Gasteiger charge is 2.16. The van der Waals surface area contributed by atoms with E-state index in [4.69, 9.17) is 4.84 Å². The van der Waals surface area contributed by atoms with Gasteiger partial charge in [0.15, 0.2) is 0 Å². The van der Waals surface area contributed by atoms with Crippen LogP contribution in [0.3, 0.4) is 0 Å². The maximum atomic E-state index is 10.6. The molecule has 0 fully saturated rings. The van der Waals surface area contributed by atoms with Crippen molar-refractivity contribution in [1.82, 2.24) is 0 Å². The first-order valence-corrected chi connectivity index (χ1v) is 6.55. The number of hydrogen-bond donors (Lipinski definition) is 0. The Labute approximate surface area is 119 Å². The lowest BCUT2D eigenvalue weighted by Crippen LogP contribution is -2.12. The van der Waals surface area contributed by atoms with Gasteiger partial charge in [0, 0.05) is 10.9 Å². The SMILES string of the molecule is O=[N+]([O-])OC(Cc1ccc(Br)cc1)c1ccccc1. The van der Waals surface area contributed by atoms with Crippen LogP contribution in [0.15, 0.2) is 59.1 Å². The van der Waals surface area contributed by atoms with Crippen LogP contribution in [0.5, 0.6) is 0 Å². The van der Waals surface area contributed by atoms with Crippen molar-refractivity contribution in [2.45, 2.75) is 12.5 Å². The van der Waals surface area contributed by atoms with Crippen LogP contribution < -0.4 is 0 Å². The summed E-state index contributed by atoms with van der Waals surface area (Å²) in [5.41, 5.74) is 1.78. The Hall–Kier alpha value is -1.88. The number of benzene rings is 2. The second-order valence-corrected chi connectivity index (χ2v) is 4.97. The fourth-order valence-corrected chi connectivity index (χ4v) is 2.09. The maximum absolute atomic E-state index is 10.6. The average molecular weight is 322 g/mol. The van der Waals surface area contributed by atoms with E-state index in [0.29, 0.717) is 6.42 Å². The summed E-state index contributed by atoms with van der Waals surface area (Å²) < 4.78 is 0.975. The van der Waals surface area contributed by atoms with Crippen molar-refractivity contribution in [3.8, 4) is 0 Å². The van der Waals surface area contributed by atoms with Crippen LogP contribution in [0.2, 0.25) is 0 Å². The van der Waals surface area contributed by atoms with Crippen molar-refractivity contribution in [1.29, 1.82) is 0 Å². The van der Waals surface area contributed by atoms with E-state index in [1.165, 1.54) is 0 Å². The molecule has 0 spiro atoms. The zero-order valence-corrected chi connectivity index (χ0v) is 11.6. The molecule has 1 unspecified atom stereocenters. The minimum Gasteiger partial charge on any atom is -0.305 e. The van der Waals surface area contributed by atoms with E-state index < -0.39 is 11.2 Å². The lowest BCUT2D eigenvalue weighted by Gasteiger charge is -2.15. The number of rotatable bonds is 5. The molecule has 0 aliphatic heterocycles. The van der Waals surface area contributed by atoms with Crippen molar-refractivity contribution in [2.24, 2.45) is 0 Å². The van der Waals surface area contributed by atoms with Gasteiger partial charge in [-0.15, -0.1) is 10.1 Å². The smallest absolute Gasteiger partial charge is 0.295 e. The number of hydrogen-bond acceptors (Lipinski definition) is 3. The molecule has 2 aromatic carbocycles. The van der Waals surface area contributed by atoms with Crippen LogP contribution in [-0.4, -0.2) is 5.09 Å². The van der Waals surface area contributed by atoms with Gasteiger partial charge in [-0.2, -0.15) is 0 Å². The fraction of sp³-hybridized carbons (Fsp3) is 0.143. The highest BCUT2D eigenvalue weighted by Crippen LogP contribution is 2.23. The summed E-state index contributed by atoms with van der Waals surface area (Å²) in [6.07, 6.45) is -0.129. The molecule has 0 aliphatic rings. The van der Waals surface area contributed by atoms with Gasteiger partial charge in [0.2, 0.25) is 0 Å². The zero-order valence-electron chi connectivity index (χ0n) is 10.0. The molecule has 2 aromatic rings. The molecule has 19 heavy (non-hydrogen) atoms. The molecule has 1 atom stereocenters. The Kier molecular flexibility index (Phi) is 4.52. The lowest BCUT2D eigenvalue weighted by molar-refractivity contribution is -0.771. The van der Waals surface area contributed by atoms with Gasteiger partial charge in [-0.3, -0.25) is 0 Å². The van der Waals surface area contributed by atoms with Crippen LogP contribution in [0.25, 0.3) is 0 Å². The summed E-state index contributed by atoms with van der Waals surface area (Å²) in [7, 11) is 0. The predicted molar refractivity (Wildman–Crippen MR) is 75.1 cm³/mol. The molecule has 0 radical (unpaired) electrons. The topological polar surface area (TPSA) is 52.4 Å². The lowest BCUT2D eigenvalue weighted by atomic mass is 10.0. The Morgan fingerprint density at radius 1 is 1.11 bits per heavy atom. The van der Waals surface area contributed by atoms with E-state index in [2.05, 4.69) is 15.9 Å². The summed E-state index contributed by atoms with van der Waals surface area (Å²) in [6.45, 7) is 0. The molecule has 0 N–H and O–H groups in total. The van der Waals surface area contributed by atoms with E-state index >= 15 is 0 Å². The van der Waals surface area contributed by atoms with Gasteiger partial charge >= 0.3 is 0 Å². The van der Waals surface area contributed by atoms with E-state index in [1.54, 1.807) is 0 Å². The van der Waals surface area contributed by atoms with E-state index in [0.717, 1.165) is 15.6 Å². The molecule has 0 saturated carbocycles. The Morgan fingerprint density at radius 2 is 1.74 bits per heavy atom. The van der Waals surface area contributed by atoms with Gasteiger partial charge < -0.3 is 4.84 Å². The summed E-state index contributed by atoms with van der Waals surface area (Å²) in [4.78, 5) is 15.4. The molecular weight excluding hydrogens is 310 g/mol. The largest absolute Gasteiger partial charge is 0.305 e.